The molecular formula is C30H27ClN4O3S. The fourth-order valence-electron chi connectivity index (χ4n) is 4.39. The number of thiophene rings is 1. The number of hydrogen-bond acceptors (Lipinski definition) is 6. The van der Waals surface area contributed by atoms with Gasteiger partial charge < -0.3 is 9.88 Å². The molecule has 0 spiro atoms. The summed E-state index contributed by atoms with van der Waals surface area (Å²) >= 11 is 7.52. The van der Waals surface area contributed by atoms with Gasteiger partial charge in [0.25, 0.3) is 11.5 Å². The third-order valence-electron chi connectivity index (χ3n) is 6.43. The summed E-state index contributed by atoms with van der Waals surface area (Å²) in [5, 5.41) is 9.64. The van der Waals surface area contributed by atoms with Gasteiger partial charge in [-0.2, -0.15) is 9.78 Å². The molecular weight excluding hydrogens is 532 g/mol. The normalized spacial score (nSPS) is 11.6. The van der Waals surface area contributed by atoms with Crippen LogP contribution >= 0.6 is 22.9 Å². The summed E-state index contributed by atoms with van der Waals surface area (Å²) in [6.07, 6.45) is 2.53. The quantitative estimate of drug-likeness (QED) is 0.224. The molecule has 9 heteroatoms. The average molecular weight is 559 g/mol. The predicted octanol–water partition coefficient (Wildman–Crippen LogP) is 6.74. The molecule has 198 valence electrons. The van der Waals surface area contributed by atoms with Crippen LogP contribution in [0.2, 0.25) is 4.34 Å². The van der Waals surface area contributed by atoms with Crippen molar-refractivity contribution in [2.45, 2.75) is 33.9 Å². The van der Waals surface area contributed by atoms with Gasteiger partial charge >= 0.3 is 0 Å². The first kappa shape index (κ1) is 26.6. The van der Waals surface area contributed by atoms with Gasteiger partial charge in [0.2, 0.25) is 0 Å². The highest BCUT2D eigenvalue weighted by molar-refractivity contribution is 7.16. The molecule has 5 aromatic rings. The lowest BCUT2D eigenvalue weighted by molar-refractivity contribution is 0.0752. The lowest BCUT2D eigenvalue weighted by atomic mass is 9.96. The first-order chi connectivity index (χ1) is 18.7. The van der Waals surface area contributed by atoms with Gasteiger partial charge in [-0.25, -0.2) is 0 Å². The summed E-state index contributed by atoms with van der Waals surface area (Å²) in [5.74, 6) is 0.283. The van der Waals surface area contributed by atoms with E-state index in [1.54, 1.807) is 29.0 Å². The first-order valence-electron chi connectivity index (χ1n) is 12.4. The molecule has 0 saturated heterocycles. The summed E-state index contributed by atoms with van der Waals surface area (Å²) in [5.41, 5.74) is 1.08. The van der Waals surface area contributed by atoms with Crippen LogP contribution in [-0.2, 0) is 13.1 Å². The number of carbonyl (C=O) groups excluding carboxylic acids is 2. The number of aromatic nitrogens is 3. The van der Waals surface area contributed by atoms with E-state index >= 15 is 0 Å². The molecule has 7 nitrogen and oxygen atoms in total. The molecule has 0 saturated carbocycles. The topological polar surface area (TPSA) is 86.0 Å². The summed E-state index contributed by atoms with van der Waals surface area (Å²) < 4.78 is 3.56. The van der Waals surface area contributed by atoms with Crippen LogP contribution in [0.1, 0.15) is 46.4 Å². The number of rotatable bonds is 7. The van der Waals surface area contributed by atoms with E-state index in [-0.39, 0.29) is 18.0 Å². The molecule has 5 rings (SSSR count). The predicted molar refractivity (Wildman–Crippen MR) is 157 cm³/mol. The first-order valence-corrected chi connectivity index (χ1v) is 13.6. The number of anilines is 1. The van der Waals surface area contributed by atoms with Crippen molar-refractivity contribution in [1.29, 1.82) is 0 Å². The van der Waals surface area contributed by atoms with Crippen LogP contribution in [0.25, 0.3) is 22.0 Å². The lowest BCUT2D eigenvalue weighted by Crippen LogP contribution is -2.29. The van der Waals surface area contributed by atoms with Gasteiger partial charge in [-0.3, -0.25) is 14.4 Å². The second-order valence-electron chi connectivity index (χ2n) is 10.3. The number of carbonyl (C=O) groups is 2. The Hall–Kier alpha value is -4.01. The zero-order valence-electron chi connectivity index (χ0n) is 21.8. The van der Waals surface area contributed by atoms with Gasteiger partial charge in [0.15, 0.2) is 6.29 Å². The molecule has 0 unspecified atom stereocenters. The third-order valence-corrected chi connectivity index (χ3v) is 7.66. The van der Waals surface area contributed by atoms with Crippen LogP contribution in [0.4, 0.5) is 5.82 Å². The number of nitrogens with one attached hydrogen (secondary N) is 1. The molecule has 3 aromatic heterocycles. The maximum Gasteiger partial charge on any atom is 0.260 e. The molecule has 3 heterocycles. The Morgan fingerprint density at radius 3 is 2.59 bits per heavy atom. The van der Waals surface area contributed by atoms with Crippen LogP contribution in [0, 0.1) is 5.41 Å². The molecule has 1 N–H and O–H groups in total. The standard InChI is InChI=1S/C30H27ClN4O3S/c1-30(2,3)29(38)35-27(32-16-21-12-13-26(31)39-21)15-25(33-35)23-9-6-14-34(28(23)37)17-20-11-10-19-7-4-5-8-22(19)24(20)18-36/h4-15,18,32H,16-17H2,1-3H3. The fourth-order valence-corrected chi connectivity index (χ4v) is 5.42. The molecule has 0 aliphatic carbocycles. The van der Waals surface area contributed by atoms with Crippen molar-refractivity contribution in [2.24, 2.45) is 5.41 Å². The Kier molecular flexibility index (Phi) is 7.25. The second-order valence-corrected chi connectivity index (χ2v) is 12.1. The second kappa shape index (κ2) is 10.6. The Balaban J connectivity index is 1.52. The van der Waals surface area contributed by atoms with Gasteiger partial charge in [0, 0.05) is 28.1 Å². The average Bonchev–Trinajstić information content (AvgIpc) is 3.53. The van der Waals surface area contributed by atoms with Crippen molar-refractivity contribution in [3.63, 3.8) is 0 Å². The number of aldehydes is 1. The van der Waals surface area contributed by atoms with Gasteiger partial charge in [-0.15, -0.1) is 11.3 Å². The zero-order chi connectivity index (χ0) is 27.7. The minimum absolute atomic E-state index is 0.205. The fraction of sp³-hybridized carbons (Fsp3) is 0.200. The molecule has 0 radical (unpaired) electrons. The van der Waals surface area contributed by atoms with Crippen LogP contribution in [0.15, 0.2) is 77.7 Å². The summed E-state index contributed by atoms with van der Waals surface area (Å²) in [6.45, 7) is 6.14. The van der Waals surface area contributed by atoms with Gasteiger partial charge in [0.1, 0.15) is 11.5 Å². The van der Waals surface area contributed by atoms with E-state index in [2.05, 4.69) is 10.4 Å². The molecule has 0 atom stereocenters. The van der Waals surface area contributed by atoms with E-state index in [0.717, 1.165) is 27.5 Å². The maximum absolute atomic E-state index is 13.6. The highest BCUT2D eigenvalue weighted by Gasteiger charge is 2.27. The molecule has 39 heavy (non-hydrogen) atoms. The molecule has 0 fully saturated rings. The SMILES string of the molecule is CC(C)(C)C(=O)n1nc(-c2cccn(Cc3ccc4ccccc4c3C=O)c2=O)cc1NCc1ccc(Cl)s1. The van der Waals surface area contributed by atoms with Gasteiger partial charge in [0.05, 0.1) is 23.0 Å². The Labute approximate surface area is 234 Å². The summed E-state index contributed by atoms with van der Waals surface area (Å²) in [6, 6.07) is 20.4. The van der Waals surface area contributed by atoms with E-state index in [9.17, 15) is 14.4 Å². The van der Waals surface area contributed by atoms with E-state index in [0.29, 0.717) is 33.5 Å². The minimum atomic E-state index is -0.690. The number of benzene rings is 2. The van der Waals surface area contributed by atoms with E-state index in [1.165, 1.54) is 16.0 Å². The van der Waals surface area contributed by atoms with Crippen molar-refractivity contribution in [1.82, 2.24) is 14.3 Å². The van der Waals surface area contributed by atoms with Crippen molar-refractivity contribution in [3.05, 3.63) is 104 Å². The van der Waals surface area contributed by atoms with Gasteiger partial charge in [-0.1, -0.05) is 68.8 Å². The molecule has 0 amide bonds. The van der Waals surface area contributed by atoms with Crippen LogP contribution in [0.3, 0.4) is 0 Å². The number of fused-ring (bicyclic) bond motifs is 1. The third kappa shape index (κ3) is 5.44. The van der Waals surface area contributed by atoms with E-state index in [4.69, 9.17) is 11.6 Å². The lowest BCUT2D eigenvalue weighted by Gasteiger charge is -2.18. The van der Waals surface area contributed by atoms with Crippen molar-refractivity contribution in [3.8, 4) is 11.3 Å². The minimum Gasteiger partial charge on any atom is -0.365 e. The van der Waals surface area contributed by atoms with E-state index < -0.39 is 5.41 Å². The highest BCUT2D eigenvalue weighted by atomic mass is 35.5. The van der Waals surface area contributed by atoms with Crippen LogP contribution in [0.5, 0.6) is 0 Å². The largest absolute Gasteiger partial charge is 0.365 e. The monoisotopic (exact) mass is 558 g/mol. The molecule has 2 aromatic carbocycles. The van der Waals surface area contributed by atoms with Crippen LogP contribution in [-0.4, -0.2) is 26.5 Å². The van der Waals surface area contributed by atoms with Gasteiger partial charge in [-0.05, 0) is 40.6 Å². The van der Waals surface area contributed by atoms with Crippen LogP contribution < -0.4 is 10.9 Å². The Morgan fingerprint density at radius 2 is 1.87 bits per heavy atom. The van der Waals surface area contributed by atoms with E-state index in [1.807, 2.05) is 69.3 Å². The smallest absolute Gasteiger partial charge is 0.260 e. The number of halogens is 1. The number of pyridine rings is 1. The Morgan fingerprint density at radius 1 is 1.08 bits per heavy atom. The molecule has 0 aliphatic heterocycles. The zero-order valence-corrected chi connectivity index (χ0v) is 23.3. The number of nitrogens with zero attached hydrogens (tertiary/aromatic N) is 3. The Bertz CT molecular complexity index is 1760. The van der Waals surface area contributed by atoms with Crippen molar-refractivity contribution in [2.75, 3.05) is 5.32 Å². The molecule has 0 aliphatic rings. The highest BCUT2D eigenvalue weighted by Crippen LogP contribution is 2.27. The molecule has 0 bridgehead atoms. The number of hydrogen-bond donors (Lipinski definition) is 1. The van der Waals surface area contributed by atoms with Crippen molar-refractivity contribution < 1.29 is 9.59 Å². The van der Waals surface area contributed by atoms with Crippen molar-refractivity contribution >= 4 is 51.7 Å². The summed E-state index contributed by atoms with van der Waals surface area (Å²) in [4.78, 5) is 39.9. The summed E-state index contributed by atoms with van der Waals surface area (Å²) in [7, 11) is 0. The maximum atomic E-state index is 13.6.